The van der Waals surface area contributed by atoms with Gasteiger partial charge in [-0.15, -0.1) is 0 Å². The second-order valence-electron chi connectivity index (χ2n) is 8.07. The van der Waals surface area contributed by atoms with Crippen molar-refractivity contribution in [3.63, 3.8) is 0 Å². The highest BCUT2D eigenvalue weighted by atomic mass is 19.1. The lowest BCUT2D eigenvalue weighted by atomic mass is 10.0. The largest absolute Gasteiger partial charge is 0.493 e. The van der Waals surface area contributed by atoms with Crippen LogP contribution >= 0.6 is 0 Å². The van der Waals surface area contributed by atoms with Crippen LogP contribution in [0.5, 0.6) is 5.75 Å². The van der Waals surface area contributed by atoms with Crippen molar-refractivity contribution in [2.75, 3.05) is 34.3 Å². The van der Waals surface area contributed by atoms with Crippen LogP contribution in [0.15, 0.2) is 59.0 Å². The van der Waals surface area contributed by atoms with Gasteiger partial charge in [0.2, 0.25) is 0 Å². The summed E-state index contributed by atoms with van der Waals surface area (Å²) in [5.41, 5.74) is 16.4. The third-order valence-corrected chi connectivity index (χ3v) is 5.58. The van der Waals surface area contributed by atoms with Crippen LogP contribution < -0.4 is 16.2 Å². The SMILES string of the molecule is CN=C(C)/C(CCOc1ccc(F)cc1-c1ccc2ncc(CCN)n2c1)=C(\N)C(=O)N(C)C. The lowest BCUT2D eigenvalue weighted by Gasteiger charge is -2.17. The van der Waals surface area contributed by atoms with Crippen molar-refractivity contribution in [1.29, 1.82) is 0 Å². The van der Waals surface area contributed by atoms with Gasteiger partial charge >= 0.3 is 0 Å². The molecule has 3 aromatic rings. The fourth-order valence-corrected chi connectivity index (χ4v) is 3.66. The van der Waals surface area contributed by atoms with Crippen LogP contribution in [0.2, 0.25) is 0 Å². The molecule has 34 heavy (non-hydrogen) atoms. The Hall–Kier alpha value is -3.72. The van der Waals surface area contributed by atoms with Crippen molar-refractivity contribution in [2.24, 2.45) is 16.5 Å². The smallest absolute Gasteiger partial charge is 0.269 e. The monoisotopic (exact) mass is 466 g/mol. The first-order chi connectivity index (χ1) is 16.3. The number of hydrogen-bond donors (Lipinski definition) is 2. The number of fused-ring (bicyclic) bond motifs is 1. The Kier molecular flexibility index (Phi) is 8.01. The zero-order chi connectivity index (χ0) is 24.8. The number of imidazole rings is 1. The van der Waals surface area contributed by atoms with E-state index in [1.165, 1.54) is 17.0 Å². The number of rotatable bonds is 9. The molecule has 0 saturated heterocycles. The number of halogens is 1. The lowest BCUT2D eigenvalue weighted by molar-refractivity contribution is -0.124. The fraction of sp³-hybridized carbons (Fsp3) is 0.320. The van der Waals surface area contributed by atoms with Gasteiger partial charge in [-0.05, 0) is 43.8 Å². The Balaban J connectivity index is 1.90. The van der Waals surface area contributed by atoms with E-state index in [-0.39, 0.29) is 24.0 Å². The summed E-state index contributed by atoms with van der Waals surface area (Å²) in [6.45, 7) is 2.53. The van der Waals surface area contributed by atoms with E-state index in [0.29, 0.717) is 42.0 Å². The molecule has 9 heteroatoms. The van der Waals surface area contributed by atoms with Crippen LogP contribution in [0.1, 0.15) is 19.0 Å². The molecule has 180 valence electrons. The number of pyridine rings is 1. The number of nitrogens with zero attached hydrogens (tertiary/aromatic N) is 4. The van der Waals surface area contributed by atoms with Crippen LogP contribution in [0.25, 0.3) is 16.8 Å². The average Bonchev–Trinajstić information content (AvgIpc) is 3.23. The van der Waals surface area contributed by atoms with E-state index >= 15 is 0 Å². The molecule has 0 aliphatic rings. The van der Waals surface area contributed by atoms with E-state index in [1.807, 2.05) is 22.7 Å². The Labute approximate surface area is 198 Å². The molecule has 4 N–H and O–H groups in total. The van der Waals surface area contributed by atoms with Gasteiger partial charge in [-0.25, -0.2) is 9.37 Å². The molecule has 0 atom stereocenters. The lowest BCUT2D eigenvalue weighted by Crippen LogP contribution is -2.30. The zero-order valence-electron chi connectivity index (χ0n) is 20.0. The van der Waals surface area contributed by atoms with E-state index < -0.39 is 0 Å². The summed E-state index contributed by atoms with van der Waals surface area (Å²) < 4.78 is 22.2. The molecule has 8 nitrogen and oxygen atoms in total. The zero-order valence-corrected chi connectivity index (χ0v) is 20.0. The van der Waals surface area contributed by atoms with Gasteiger partial charge in [0.1, 0.15) is 22.9 Å². The number of carbonyl (C=O) groups excluding carboxylic acids is 1. The molecule has 1 amide bonds. The minimum absolute atomic E-state index is 0.133. The Morgan fingerprint density at radius 2 is 2.03 bits per heavy atom. The highest BCUT2D eigenvalue weighted by Crippen LogP contribution is 2.32. The van der Waals surface area contributed by atoms with E-state index in [2.05, 4.69) is 9.98 Å². The number of amides is 1. The summed E-state index contributed by atoms with van der Waals surface area (Å²) in [5.74, 6) is -0.141. The molecule has 0 aliphatic carbocycles. The topological polar surface area (TPSA) is 111 Å². The maximum Gasteiger partial charge on any atom is 0.269 e. The average molecular weight is 467 g/mol. The number of carbonyl (C=O) groups is 1. The number of hydrogen-bond acceptors (Lipinski definition) is 6. The second-order valence-corrected chi connectivity index (χ2v) is 8.07. The number of benzene rings is 1. The number of aromatic nitrogens is 2. The molecule has 3 rings (SSSR count). The number of nitrogens with two attached hydrogens (primary N) is 2. The molecule has 0 spiro atoms. The van der Waals surface area contributed by atoms with Crippen LogP contribution in [-0.2, 0) is 11.2 Å². The van der Waals surface area contributed by atoms with E-state index in [0.717, 1.165) is 16.9 Å². The van der Waals surface area contributed by atoms with Crippen molar-refractivity contribution in [3.05, 3.63) is 65.5 Å². The van der Waals surface area contributed by atoms with Crippen molar-refractivity contribution in [3.8, 4) is 16.9 Å². The molecule has 0 unspecified atom stereocenters. The van der Waals surface area contributed by atoms with Gasteiger partial charge in [-0.3, -0.25) is 9.79 Å². The van der Waals surface area contributed by atoms with Crippen LogP contribution in [0.3, 0.4) is 0 Å². The van der Waals surface area contributed by atoms with Crippen molar-refractivity contribution >= 4 is 17.3 Å². The van der Waals surface area contributed by atoms with Gasteiger partial charge < -0.3 is 25.5 Å². The summed E-state index contributed by atoms with van der Waals surface area (Å²) >= 11 is 0. The summed E-state index contributed by atoms with van der Waals surface area (Å²) in [5, 5.41) is 0. The van der Waals surface area contributed by atoms with Gasteiger partial charge in [0, 0.05) is 74.5 Å². The van der Waals surface area contributed by atoms with Crippen LogP contribution in [0.4, 0.5) is 4.39 Å². The molecule has 0 saturated carbocycles. The summed E-state index contributed by atoms with van der Waals surface area (Å²) in [6.07, 6.45) is 4.74. The molecule has 0 radical (unpaired) electrons. The Morgan fingerprint density at radius 3 is 2.71 bits per heavy atom. The minimum atomic E-state index is -0.370. The van der Waals surface area contributed by atoms with Gasteiger partial charge in [-0.1, -0.05) is 0 Å². The van der Waals surface area contributed by atoms with Crippen molar-refractivity contribution in [2.45, 2.75) is 19.8 Å². The first-order valence-electron chi connectivity index (χ1n) is 11.0. The second kappa shape index (κ2) is 10.9. The molecule has 0 bridgehead atoms. The van der Waals surface area contributed by atoms with E-state index in [4.69, 9.17) is 16.2 Å². The molecule has 2 heterocycles. The first kappa shape index (κ1) is 24.9. The summed E-state index contributed by atoms with van der Waals surface area (Å²) in [7, 11) is 4.93. The fourth-order valence-electron chi connectivity index (χ4n) is 3.66. The Morgan fingerprint density at radius 1 is 1.26 bits per heavy atom. The van der Waals surface area contributed by atoms with E-state index in [9.17, 15) is 9.18 Å². The van der Waals surface area contributed by atoms with Gasteiger partial charge in [0.25, 0.3) is 5.91 Å². The predicted molar refractivity (Wildman–Crippen MR) is 132 cm³/mol. The third-order valence-electron chi connectivity index (χ3n) is 5.58. The maximum atomic E-state index is 14.2. The molecule has 1 aromatic carbocycles. The number of aliphatic imine (C=N–C) groups is 1. The van der Waals surface area contributed by atoms with Crippen molar-refractivity contribution in [1.82, 2.24) is 14.3 Å². The highest BCUT2D eigenvalue weighted by molar-refractivity contribution is 6.06. The van der Waals surface area contributed by atoms with Gasteiger partial charge in [0.05, 0.1) is 6.61 Å². The Bertz CT molecular complexity index is 1250. The number of likely N-dealkylation sites (N-methyl/N-ethyl adjacent to an activating group) is 1. The third kappa shape index (κ3) is 5.43. The molecular weight excluding hydrogens is 435 g/mol. The minimum Gasteiger partial charge on any atom is -0.493 e. The standard InChI is InChI=1S/C25H31FN6O2/c1-16(29-2)20(24(28)25(33)31(3)4)10-12-34-22-7-6-18(26)13-21(22)17-5-8-23-30-14-19(9-11-27)32(23)15-17/h5-8,13-15H,9-12,27-28H2,1-4H3/b24-20-,29-16?. The van der Waals surface area contributed by atoms with Crippen molar-refractivity contribution < 1.29 is 13.9 Å². The van der Waals surface area contributed by atoms with E-state index in [1.54, 1.807) is 40.3 Å². The van der Waals surface area contributed by atoms with Gasteiger partial charge in [0.15, 0.2) is 0 Å². The summed E-state index contributed by atoms with van der Waals surface area (Å²) in [6, 6.07) is 8.15. The quantitative estimate of drug-likeness (QED) is 0.372. The molecular formula is C25H31FN6O2. The molecule has 0 fully saturated rings. The molecule has 2 aromatic heterocycles. The number of ether oxygens (including phenoxy) is 1. The summed E-state index contributed by atoms with van der Waals surface area (Å²) in [4.78, 5) is 22.4. The first-order valence-corrected chi connectivity index (χ1v) is 11.0. The van der Waals surface area contributed by atoms with Crippen LogP contribution in [-0.4, -0.2) is 60.2 Å². The van der Waals surface area contributed by atoms with Crippen LogP contribution in [0, 0.1) is 5.82 Å². The predicted octanol–water partition coefficient (Wildman–Crippen LogP) is 2.80. The maximum absolute atomic E-state index is 14.2. The highest BCUT2D eigenvalue weighted by Gasteiger charge is 2.17. The normalized spacial score (nSPS) is 12.6. The van der Waals surface area contributed by atoms with Gasteiger partial charge in [-0.2, -0.15) is 0 Å². The molecule has 0 aliphatic heterocycles.